The quantitative estimate of drug-likeness (QED) is 0.869. The highest BCUT2D eigenvalue weighted by atomic mass is 16.5. The Kier molecular flexibility index (Phi) is 4.18. The summed E-state index contributed by atoms with van der Waals surface area (Å²) in [5.41, 5.74) is 2.50. The molecule has 22 heavy (non-hydrogen) atoms. The Hall–Kier alpha value is -2.23. The van der Waals surface area contributed by atoms with Crippen LogP contribution in [0.3, 0.4) is 0 Å². The van der Waals surface area contributed by atoms with E-state index in [0.717, 1.165) is 24.5 Å². The molecule has 3 rings (SSSR count). The van der Waals surface area contributed by atoms with E-state index in [9.17, 15) is 4.79 Å². The van der Waals surface area contributed by atoms with Gasteiger partial charge in [0.1, 0.15) is 11.5 Å². The highest BCUT2D eigenvalue weighted by molar-refractivity contribution is 5.77. The van der Waals surface area contributed by atoms with Crippen LogP contribution in [0, 0.1) is 0 Å². The number of aryl methyl sites for hydroxylation is 1. The van der Waals surface area contributed by atoms with E-state index in [1.54, 1.807) is 13.4 Å². The predicted molar refractivity (Wildman–Crippen MR) is 83.9 cm³/mol. The molecular formula is C18H21NO3. The van der Waals surface area contributed by atoms with Crippen molar-refractivity contribution in [3.05, 3.63) is 53.5 Å². The van der Waals surface area contributed by atoms with Crippen molar-refractivity contribution >= 4 is 5.91 Å². The molecule has 0 aliphatic carbocycles. The molecule has 2 aromatic rings. The number of carbonyl (C=O) groups is 1. The number of amides is 1. The fraction of sp³-hybridized carbons (Fsp3) is 0.389. The second kappa shape index (κ2) is 6.26. The molecule has 0 saturated heterocycles. The molecule has 0 fully saturated rings. The van der Waals surface area contributed by atoms with E-state index in [1.807, 2.05) is 23.1 Å². The van der Waals surface area contributed by atoms with Crippen molar-refractivity contribution < 1.29 is 13.9 Å². The lowest BCUT2D eigenvalue weighted by Gasteiger charge is -2.35. The first-order chi connectivity index (χ1) is 10.7. The summed E-state index contributed by atoms with van der Waals surface area (Å²) in [5, 5.41) is 0. The second-order valence-corrected chi connectivity index (χ2v) is 5.66. The number of hydrogen-bond donors (Lipinski definition) is 0. The molecule has 4 nitrogen and oxygen atoms in total. The SMILES string of the molecule is COc1ccc2c(c1)CCN(C(=O)CCc1ccco1)C2C. The van der Waals surface area contributed by atoms with Crippen LogP contribution in [0.4, 0.5) is 0 Å². The van der Waals surface area contributed by atoms with Crippen molar-refractivity contribution in [2.75, 3.05) is 13.7 Å². The summed E-state index contributed by atoms with van der Waals surface area (Å²) in [4.78, 5) is 14.5. The zero-order chi connectivity index (χ0) is 15.5. The lowest BCUT2D eigenvalue weighted by atomic mass is 9.93. The second-order valence-electron chi connectivity index (χ2n) is 5.66. The average Bonchev–Trinajstić information content (AvgIpc) is 3.06. The first-order valence-electron chi connectivity index (χ1n) is 7.67. The molecular weight excluding hydrogens is 278 g/mol. The maximum Gasteiger partial charge on any atom is 0.223 e. The van der Waals surface area contributed by atoms with Crippen LogP contribution in [-0.4, -0.2) is 24.5 Å². The van der Waals surface area contributed by atoms with E-state index in [1.165, 1.54) is 11.1 Å². The lowest BCUT2D eigenvalue weighted by molar-refractivity contribution is -0.133. The van der Waals surface area contributed by atoms with Crippen molar-refractivity contribution in [2.45, 2.75) is 32.2 Å². The maximum atomic E-state index is 12.5. The molecule has 1 aliphatic rings. The third-order valence-electron chi connectivity index (χ3n) is 4.38. The van der Waals surface area contributed by atoms with Gasteiger partial charge in [-0.2, -0.15) is 0 Å². The molecule has 4 heteroatoms. The number of hydrogen-bond acceptors (Lipinski definition) is 3. The Bertz CT molecular complexity index is 648. The molecule has 1 amide bonds. The standard InChI is InChI=1S/C18H21NO3/c1-13-17-7-5-16(21-2)12-14(17)9-10-19(13)18(20)8-6-15-4-3-11-22-15/h3-5,7,11-13H,6,8-10H2,1-2H3. The third kappa shape index (κ3) is 2.86. The predicted octanol–water partition coefficient (Wildman–Crippen LogP) is 3.37. The Morgan fingerprint density at radius 2 is 2.27 bits per heavy atom. The molecule has 2 heterocycles. The fourth-order valence-corrected chi connectivity index (χ4v) is 3.10. The van der Waals surface area contributed by atoms with E-state index in [-0.39, 0.29) is 11.9 Å². The number of methoxy groups -OCH3 is 1. The van der Waals surface area contributed by atoms with Gasteiger partial charge in [-0.15, -0.1) is 0 Å². The monoisotopic (exact) mass is 299 g/mol. The van der Waals surface area contributed by atoms with E-state index in [4.69, 9.17) is 9.15 Å². The Labute approximate surface area is 130 Å². The topological polar surface area (TPSA) is 42.7 Å². The van der Waals surface area contributed by atoms with E-state index < -0.39 is 0 Å². The maximum absolute atomic E-state index is 12.5. The summed E-state index contributed by atoms with van der Waals surface area (Å²) in [7, 11) is 1.68. The van der Waals surface area contributed by atoms with Crippen LogP contribution in [0.15, 0.2) is 41.0 Å². The number of carbonyl (C=O) groups excluding carboxylic acids is 1. The summed E-state index contributed by atoms with van der Waals surface area (Å²) in [6, 6.07) is 9.99. The minimum Gasteiger partial charge on any atom is -0.497 e. The number of rotatable bonds is 4. The van der Waals surface area contributed by atoms with Gasteiger partial charge in [0.15, 0.2) is 0 Å². The van der Waals surface area contributed by atoms with Gasteiger partial charge in [-0.05, 0) is 48.7 Å². The van der Waals surface area contributed by atoms with E-state index in [0.29, 0.717) is 12.8 Å². The van der Waals surface area contributed by atoms with Crippen molar-refractivity contribution in [1.82, 2.24) is 4.90 Å². The molecule has 1 aromatic heterocycles. The lowest BCUT2D eigenvalue weighted by Crippen LogP contribution is -2.38. The van der Waals surface area contributed by atoms with Gasteiger partial charge < -0.3 is 14.1 Å². The minimum atomic E-state index is 0.110. The first-order valence-corrected chi connectivity index (χ1v) is 7.67. The van der Waals surface area contributed by atoms with Crippen LogP contribution in [0.2, 0.25) is 0 Å². The van der Waals surface area contributed by atoms with Gasteiger partial charge in [0, 0.05) is 19.4 Å². The van der Waals surface area contributed by atoms with Gasteiger partial charge >= 0.3 is 0 Å². The summed E-state index contributed by atoms with van der Waals surface area (Å²) < 4.78 is 10.6. The molecule has 1 atom stereocenters. The molecule has 0 N–H and O–H groups in total. The summed E-state index contributed by atoms with van der Waals surface area (Å²) >= 11 is 0. The Morgan fingerprint density at radius 3 is 3.00 bits per heavy atom. The summed E-state index contributed by atoms with van der Waals surface area (Å²) in [6.07, 6.45) is 3.67. The van der Waals surface area contributed by atoms with Gasteiger partial charge in [-0.25, -0.2) is 0 Å². The molecule has 0 saturated carbocycles. The van der Waals surface area contributed by atoms with E-state index in [2.05, 4.69) is 19.1 Å². The van der Waals surface area contributed by atoms with Crippen LogP contribution in [0.5, 0.6) is 5.75 Å². The molecule has 0 spiro atoms. The summed E-state index contributed by atoms with van der Waals surface area (Å²) in [6.45, 7) is 2.85. The number of fused-ring (bicyclic) bond motifs is 1. The Balaban J connectivity index is 1.69. The van der Waals surface area contributed by atoms with Crippen molar-refractivity contribution in [2.24, 2.45) is 0 Å². The van der Waals surface area contributed by atoms with Crippen LogP contribution >= 0.6 is 0 Å². The molecule has 1 aromatic carbocycles. The van der Waals surface area contributed by atoms with Crippen molar-refractivity contribution in [1.29, 1.82) is 0 Å². The third-order valence-corrected chi connectivity index (χ3v) is 4.38. The smallest absolute Gasteiger partial charge is 0.223 e. The van der Waals surface area contributed by atoms with Crippen LogP contribution in [-0.2, 0) is 17.6 Å². The molecule has 116 valence electrons. The Morgan fingerprint density at radius 1 is 1.41 bits per heavy atom. The fourth-order valence-electron chi connectivity index (χ4n) is 3.10. The van der Waals surface area contributed by atoms with Gasteiger partial charge in [-0.1, -0.05) is 6.07 Å². The number of benzene rings is 1. The van der Waals surface area contributed by atoms with Crippen molar-refractivity contribution in [3.8, 4) is 5.75 Å². The molecule has 1 aliphatic heterocycles. The number of furan rings is 1. The highest BCUT2D eigenvalue weighted by Gasteiger charge is 2.27. The largest absolute Gasteiger partial charge is 0.497 e. The minimum absolute atomic E-state index is 0.110. The molecule has 0 bridgehead atoms. The van der Waals surface area contributed by atoms with Crippen molar-refractivity contribution in [3.63, 3.8) is 0 Å². The van der Waals surface area contributed by atoms with Crippen LogP contribution < -0.4 is 4.74 Å². The first kappa shape index (κ1) is 14.7. The number of nitrogens with zero attached hydrogens (tertiary/aromatic N) is 1. The zero-order valence-corrected chi connectivity index (χ0v) is 13.0. The van der Waals surface area contributed by atoms with Gasteiger partial charge in [-0.3, -0.25) is 4.79 Å². The van der Waals surface area contributed by atoms with Crippen LogP contribution in [0.25, 0.3) is 0 Å². The van der Waals surface area contributed by atoms with Gasteiger partial charge in [0.05, 0.1) is 19.4 Å². The van der Waals surface area contributed by atoms with Gasteiger partial charge in [0.2, 0.25) is 5.91 Å². The number of ether oxygens (including phenoxy) is 1. The average molecular weight is 299 g/mol. The highest BCUT2D eigenvalue weighted by Crippen LogP contribution is 2.32. The molecule has 1 unspecified atom stereocenters. The van der Waals surface area contributed by atoms with E-state index >= 15 is 0 Å². The summed E-state index contributed by atoms with van der Waals surface area (Å²) in [5.74, 6) is 1.93. The zero-order valence-electron chi connectivity index (χ0n) is 13.0. The van der Waals surface area contributed by atoms with Crippen LogP contribution in [0.1, 0.15) is 36.3 Å². The van der Waals surface area contributed by atoms with Gasteiger partial charge in [0.25, 0.3) is 0 Å². The normalized spacial score (nSPS) is 17.2. The molecule has 0 radical (unpaired) electrons.